The Labute approximate surface area is 151 Å². The van der Waals surface area contributed by atoms with Gasteiger partial charge in [-0.25, -0.2) is 14.8 Å². The number of carbonyl (C=O) groups excluding carboxylic acids is 1. The zero-order chi connectivity index (χ0) is 17.5. The lowest BCUT2D eigenvalue weighted by molar-refractivity contribution is -0.114. The standard InChI is InChI=1S/C15H15BrN4O3S/c1-9(21)19-14-20-12(13(16)24-14)7-4-10-2-5-11(6-3-10)17-8-18-15(22)23/h2-3,5-6,8H,4,7H2,1H3,(H,17,18)(H,22,23)(H,19,20,21). The summed E-state index contributed by atoms with van der Waals surface area (Å²) in [5.74, 6) is -0.142. The van der Waals surface area contributed by atoms with Crippen molar-refractivity contribution < 1.29 is 14.7 Å². The second kappa shape index (κ2) is 8.55. The molecular weight excluding hydrogens is 396 g/mol. The van der Waals surface area contributed by atoms with Crippen LogP contribution in [0, 0.1) is 0 Å². The molecule has 0 bridgehead atoms. The molecule has 1 aromatic carbocycles. The van der Waals surface area contributed by atoms with Crippen molar-refractivity contribution in [2.45, 2.75) is 19.8 Å². The summed E-state index contributed by atoms with van der Waals surface area (Å²) in [5.41, 5.74) is 2.67. The molecule has 1 aromatic heterocycles. The minimum atomic E-state index is -1.15. The summed E-state index contributed by atoms with van der Waals surface area (Å²) in [6.45, 7) is 1.45. The number of aryl methyl sites for hydroxylation is 2. The van der Waals surface area contributed by atoms with Crippen molar-refractivity contribution in [3.8, 4) is 0 Å². The Morgan fingerprint density at radius 1 is 1.33 bits per heavy atom. The molecule has 3 N–H and O–H groups in total. The molecule has 126 valence electrons. The number of aliphatic imine (C=N–C) groups is 1. The van der Waals surface area contributed by atoms with Gasteiger partial charge in [0.2, 0.25) is 5.91 Å². The van der Waals surface area contributed by atoms with Crippen molar-refractivity contribution in [1.82, 2.24) is 10.3 Å². The molecule has 9 heteroatoms. The number of anilines is 1. The molecule has 0 spiro atoms. The number of hydrogen-bond acceptors (Lipinski definition) is 5. The molecule has 0 saturated heterocycles. The van der Waals surface area contributed by atoms with Crippen LogP contribution in [0.1, 0.15) is 18.2 Å². The van der Waals surface area contributed by atoms with Crippen LogP contribution in [0.5, 0.6) is 0 Å². The highest BCUT2D eigenvalue weighted by atomic mass is 79.9. The zero-order valence-corrected chi connectivity index (χ0v) is 15.1. The van der Waals surface area contributed by atoms with Gasteiger partial charge in [0.15, 0.2) is 5.13 Å². The number of aromatic nitrogens is 1. The van der Waals surface area contributed by atoms with Gasteiger partial charge in [-0.15, -0.1) is 0 Å². The highest BCUT2D eigenvalue weighted by Crippen LogP contribution is 2.29. The van der Waals surface area contributed by atoms with E-state index in [-0.39, 0.29) is 5.91 Å². The quantitative estimate of drug-likeness (QED) is 0.499. The van der Waals surface area contributed by atoms with E-state index in [1.807, 2.05) is 24.3 Å². The Bertz CT molecular complexity index is 759. The molecule has 0 fully saturated rings. The first-order valence-corrected chi connectivity index (χ1v) is 8.58. The van der Waals surface area contributed by atoms with Crippen LogP contribution >= 0.6 is 27.3 Å². The Hall–Kier alpha value is -2.26. The molecule has 7 nitrogen and oxygen atoms in total. The van der Waals surface area contributed by atoms with Gasteiger partial charge in [-0.3, -0.25) is 10.1 Å². The summed E-state index contributed by atoms with van der Waals surface area (Å²) in [4.78, 5) is 29.7. The minimum absolute atomic E-state index is 0.142. The average Bonchev–Trinajstić information content (AvgIpc) is 2.85. The van der Waals surface area contributed by atoms with Crippen LogP contribution in [0.15, 0.2) is 33.0 Å². The number of nitrogens with zero attached hydrogens (tertiary/aromatic N) is 2. The number of nitrogens with one attached hydrogen (secondary N) is 2. The van der Waals surface area contributed by atoms with Crippen molar-refractivity contribution in [2.75, 3.05) is 5.32 Å². The summed E-state index contributed by atoms with van der Waals surface area (Å²) >= 11 is 4.85. The van der Waals surface area contributed by atoms with Crippen molar-refractivity contribution in [1.29, 1.82) is 0 Å². The van der Waals surface area contributed by atoms with Crippen LogP contribution in [-0.4, -0.2) is 28.4 Å². The third-order valence-electron chi connectivity index (χ3n) is 2.92. The summed E-state index contributed by atoms with van der Waals surface area (Å²) in [6, 6.07) is 7.49. The van der Waals surface area contributed by atoms with Crippen LogP contribution in [0.3, 0.4) is 0 Å². The number of carbonyl (C=O) groups is 2. The molecule has 0 saturated carbocycles. The molecule has 0 radical (unpaired) electrons. The van der Waals surface area contributed by atoms with E-state index in [2.05, 4.69) is 36.5 Å². The highest BCUT2D eigenvalue weighted by molar-refractivity contribution is 9.11. The van der Waals surface area contributed by atoms with Gasteiger partial charge in [0.1, 0.15) is 0 Å². The molecule has 0 aliphatic carbocycles. The number of halogens is 1. The predicted octanol–water partition coefficient (Wildman–Crippen LogP) is 3.58. The topological polar surface area (TPSA) is 104 Å². The van der Waals surface area contributed by atoms with Crippen LogP contribution < -0.4 is 10.6 Å². The molecule has 0 atom stereocenters. The Kier molecular flexibility index (Phi) is 6.44. The van der Waals surface area contributed by atoms with Gasteiger partial charge in [-0.05, 0) is 46.5 Å². The van der Waals surface area contributed by atoms with E-state index in [9.17, 15) is 9.59 Å². The molecule has 0 unspecified atom stereocenters. The first-order chi connectivity index (χ1) is 11.4. The van der Waals surface area contributed by atoms with Gasteiger partial charge in [0.25, 0.3) is 0 Å². The SMILES string of the molecule is CC(=O)Nc1nc(CCc2ccc(N=CNC(=O)O)cc2)c(Br)s1. The maximum absolute atomic E-state index is 11.0. The summed E-state index contributed by atoms with van der Waals surface area (Å²) in [6.07, 6.45) is 1.51. The average molecular weight is 411 g/mol. The second-order valence-corrected chi connectivity index (χ2v) is 7.11. The van der Waals surface area contributed by atoms with Gasteiger partial charge < -0.3 is 10.4 Å². The fourth-order valence-corrected chi connectivity index (χ4v) is 3.40. The van der Waals surface area contributed by atoms with Crippen molar-refractivity contribution >= 4 is 56.4 Å². The lowest BCUT2D eigenvalue weighted by atomic mass is 10.1. The number of amides is 2. The third kappa shape index (κ3) is 5.74. The smallest absolute Gasteiger partial charge is 0.409 e. The molecule has 2 amide bonds. The molecule has 1 heterocycles. The van der Waals surface area contributed by atoms with E-state index in [0.29, 0.717) is 10.8 Å². The normalized spacial score (nSPS) is 10.8. The molecule has 24 heavy (non-hydrogen) atoms. The Morgan fingerprint density at radius 2 is 2.04 bits per heavy atom. The number of hydrogen-bond donors (Lipinski definition) is 3. The maximum Gasteiger partial charge on any atom is 0.409 e. The summed E-state index contributed by atoms with van der Waals surface area (Å²) < 4.78 is 0.909. The number of rotatable bonds is 6. The van der Waals surface area contributed by atoms with Crippen LogP contribution in [0.25, 0.3) is 0 Å². The van der Waals surface area contributed by atoms with Gasteiger partial charge in [-0.1, -0.05) is 23.5 Å². The van der Waals surface area contributed by atoms with E-state index in [0.717, 1.165) is 34.2 Å². The zero-order valence-electron chi connectivity index (χ0n) is 12.7. The molecule has 0 aliphatic heterocycles. The first kappa shape index (κ1) is 18.1. The van der Waals surface area contributed by atoms with Crippen LogP contribution in [0.2, 0.25) is 0 Å². The largest absolute Gasteiger partial charge is 0.465 e. The Balaban J connectivity index is 1.92. The van der Waals surface area contributed by atoms with Crippen molar-refractivity contribution in [3.63, 3.8) is 0 Å². The molecule has 2 rings (SSSR count). The minimum Gasteiger partial charge on any atom is -0.465 e. The van der Waals surface area contributed by atoms with Crippen LogP contribution in [-0.2, 0) is 17.6 Å². The van der Waals surface area contributed by atoms with E-state index in [4.69, 9.17) is 5.11 Å². The lowest BCUT2D eigenvalue weighted by Gasteiger charge is -2.01. The third-order valence-corrected chi connectivity index (χ3v) is 4.67. The van der Waals surface area contributed by atoms with E-state index >= 15 is 0 Å². The van der Waals surface area contributed by atoms with Gasteiger partial charge >= 0.3 is 6.09 Å². The summed E-state index contributed by atoms with van der Waals surface area (Å²) in [7, 11) is 0. The monoisotopic (exact) mass is 410 g/mol. The fraction of sp³-hybridized carbons (Fsp3) is 0.200. The van der Waals surface area contributed by atoms with E-state index < -0.39 is 6.09 Å². The van der Waals surface area contributed by atoms with Gasteiger partial charge in [-0.2, -0.15) is 0 Å². The van der Waals surface area contributed by atoms with Gasteiger partial charge in [0, 0.05) is 6.92 Å². The van der Waals surface area contributed by atoms with E-state index in [1.165, 1.54) is 18.3 Å². The van der Waals surface area contributed by atoms with Gasteiger partial charge in [0.05, 0.1) is 21.5 Å². The molecular formula is C15H15BrN4O3S. The second-order valence-electron chi connectivity index (χ2n) is 4.79. The predicted molar refractivity (Wildman–Crippen MR) is 97.3 cm³/mol. The number of benzene rings is 1. The molecule has 0 aliphatic rings. The molecule has 2 aromatic rings. The van der Waals surface area contributed by atoms with E-state index in [1.54, 1.807) is 0 Å². The maximum atomic E-state index is 11.0. The van der Waals surface area contributed by atoms with Crippen LogP contribution in [0.4, 0.5) is 15.6 Å². The lowest BCUT2D eigenvalue weighted by Crippen LogP contribution is -2.17. The number of thiazole rings is 1. The number of carboxylic acid groups (broad SMARTS) is 1. The first-order valence-electron chi connectivity index (χ1n) is 6.98. The van der Waals surface area contributed by atoms with Crippen molar-refractivity contribution in [2.24, 2.45) is 4.99 Å². The van der Waals surface area contributed by atoms with Crippen molar-refractivity contribution in [3.05, 3.63) is 39.3 Å². The fourth-order valence-electron chi connectivity index (χ4n) is 1.86. The summed E-state index contributed by atoms with van der Waals surface area (Å²) in [5, 5.41) is 13.8. The Morgan fingerprint density at radius 3 is 2.67 bits per heavy atom. The highest BCUT2D eigenvalue weighted by Gasteiger charge is 2.10.